The Bertz CT molecular complexity index is 660. The average Bonchev–Trinajstić information content (AvgIpc) is 2.44. The minimum absolute atomic E-state index is 0.101. The highest BCUT2D eigenvalue weighted by Gasteiger charge is 2.20. The van der Waals surface area contributed by atoms with Crippen LogP contribution >= 0.6 is 15.9 Å². The minimum atomic E-state index is -0.759. The molecule has 1 nitrogen and oxygen atoms in total. The summed E-state index contributed by atoms with van der Waals surface area (Å²) < 4.78 is 54.6. The lowest BCUT2D eigenvalue weighted by Gasteiger charge is -2.18. The lowest BCUT2D eigenvalue weighted by Crippen LogP contribution is -2.21. The van der Waals surface area contributed by atoms with E-state index in [9.17, 15) is 17.6 Å². The van der Waals surface area contributed by atoms with E-state index in [0.29, 0.717) is 0 Å². The largest absolute Gasteiger partial charge is 0.313 e. The van der Waals surface area contributed by atoms with Crippen LogP contribution in [0.2, 0.25) is 0 Å². The summed E-state index contributed by atoms with van der Waals surface area (Å²) in [7, 11) is 1.54. The molecule has 2 aromatic carbocycles. The molecule has 2 rings (SSSR count). The Morgan fingerprint density at radius 3 is 2.38 bits per heavy atom. The summed E-state index contributed by atoms with van der Waals surface area (Å²) in [6, 6.07) is 4.84. The Hall–Kier alpha value is -1.40. The molecule has 21 heavy (non-hydrogen) atoms. The first-order valence-corrected chi connectivity index (χ1v) is 6.98. The molecule has 1 unspecified atom stereocenters. The third-order valence-electron chi connectivity index (χ3n) is 3.23. The van der Waals surface area contributed by atoms with Crippen molar-refractivity contribution in [2.45, 2.75) is 12.5 Å². The predicted octanol–water partition coefficient (Wildman–Crippen LogP) is 4.51. The van der Waals surface area contributed by atoms with Crippen LogP contribution in [0.4, 0.5) is 17.6 Å². The molecule has 1 atom stereocenters. The van der Waals surface area contributed by atoms with Gasteiger partial charge in [0.2, 0.25) is 0 Å². The van der Waals surface area contributed by atoms with Gasteiger partial charge in [-0.25, -0.2) is 17.6 Å². The second-order valence-corrected chi connectivity index (χ2v) is 5.39. The maximum Gasteiger partial charge on any atom is 0.143 e. The molecule has 0 spiro atoms. The van der Waals surface area contributed by atoms with Crippen molar-refractivity contribution in [2.75, 3.05) is 7.05 Å². The van der Waals surface area contributed by atoms with E-state index in [1.165, 1.54) is 12.1 Å². The third-order valence-corrected chi connectivity index (χ3v) is 3.85. The maximum atomic E-state index is 14.0. The molecule has 0 amide bonds. The monoisotopic (exact) mass is 361 g/mol. The van der Waals surface area contributed by atoms with Gasteiger partial charge in [0.05, 0.1) is 4.47 Å². The van der Waals surface area contributed by atoms with Crippen LogP contribution in [0.15, 0.2) is 34.8 Å². The van der Waals surface area contributed by atoms with Crippen molar-refractivity contribution in [3.63, 3.8) is 0 Å². The summed E-state index contributed by atoms with van der Waals surface area (Å²) in [5, 5.41) is 2.79. The molecule has 0 fully saturated rings. The number of nitrogens with one attached hydrogen (secondary N) is 1. The van der Waals surface area contributed by atoms with Crippen LogP contribution in [0, 0.1) is 23.3 Å². The number of hydrogen-bond acceptors (Lipinski definition) is 1. The van der Waals surface area contributed by atoms with E-state index in [4.69, 9.17) is 0 Å². The first-order chi connectivity index (χ1) is 9.93. The van der Waals surface area contributed by atoms with E-state index < -0.39 is 29.3 Å². The molecule has 0 aliphatic rings. The van der Waals surface area contributed by atoms with Crippen molar-refractivity contribution in [1.29, 1.82) is 0 Å². The molecule has 0 aromatic heterocycles. The summed E-state index contributed by atoms with van der Waals surface area (Å²) in [4.78, 5) is 0. The zero-order valence-electron chi connectivity index (χ0n) is 11.1. The van der Waals surface area contributed by atoms with Gasteiger partial charge in [0.15, 0.2) is 0 Å². The van der Waals surface area contributed by atoms with Gasteiger partial charge in [0.1, 0.15) is 23.3 Å². The molecule has 0 aliphatic heterocycles. The molecule has 0 saturated carbocycles. The van der Waals surface area contributed by atoms with Crippen LogP contribution in [0.5, 0.6) is 0 Å². The van der Waals surface area contributed by atoms with Crippen molar-refractivity contribution in [3.8, 4) is 0 Å². The van der Waals surface area contributed by atoms with E-state index in [1.54, 1.807) is 7.05 Å². The lowest BCUT2D eigenvalue weighted by atomic mass is 9.97. The van der Waals surface area contributed by atoms with Gasteiger partial charge in [-0.15, -0.1) is 0 Å². The van der Waals surface area contributed by atoms with E-state index >= 15 is 0 Å². The Morgan fingerprint density at radius 2 is 1.76 bits per heavy atom. The highest BCUT2D eigenvalue weighted by molar-refractivity contribution is 9.10. The molecular formula is C15H12BrF4N. The van der Waals surface area contributed by atoms with Crippen LogP contribution in [-0.4, -0.2) is 7.05 Å². The van der Waals surface area contributed by atoms with Gasteiger partial charge in [-0.1, -0.05) is 6.07 Å². The van der Waals surface area contributed by atoms with Gasteiger partial charge < -0.3 is 5.32 Å². The van der Waals surface area contributed by atoms with Gasteiger partial charge in [-0.2, -0.15) is 0 Å². The Morgan fingerprint density at radius 1 is 1.05 bits per heavy atom. The van der Waals surface area contributed by atoms with Gasteiger partial charge in [0.25, 0.3) is 0 Å². The summed E-state index contributed by atoms with van der Waals surface area (Å²) in [5.41, 5.74) is -0.00914. The van der Waals surface area contributed by atoms with Crippen molar-refractivity contribution in [3.05, 3.63) is 69.2 Å². The molecule has 0 radical (unpaired) electrons. The standard InChI is InChI=1S/C15H12BrF4N/c1-21-14(9-3-2-8(17)6-13(9)19)7-10-12(18)5-4-11(16)15(10)20/h2-6,14,21H,7H2,1H3. The average molecular weight is 362 g/mol. The maximum absolute atomic E-state index is 14.0. The van der Waals surface area contributed by atoms with Crippen LogP contribution in [0.3, 0.4) is 0 Å². The highest BCUT2D eigenvalue weighted by atomic mass is 79.9. The van der Waals surface area contributed by atoms with Gasteiger partial charge in [-0.3, -0.25) is 0 Å². The normalized spacial score (nSPS) is 12.5. The molecule has 112 valence electrons. The first kappa shape index (κ1) is 16.0. The molecule has 0 bridgehead atoms. The van der Waals surface area contributed by atoms with E-state index in [0.717, 1.165) is 18.2 Å². The van der Waals surface area contributed by atoms with E-state index in [1.807, 2.05) is 0 Å². The zero-order valence-corrected chi connectivity index (χ0v) is 12.6. The Kier molecular flexibility index (Phi) is 5.00. The molecule has 0 saturated heterocycles. The molecule has 0 heterocycles. The predicted molar refractivity (Wildman–Crippen MR) is 75.9 cm³/mol. The zero-order chi connectivity index (χ0) is 15.6. The fourth-order valence-electron chi connectivity index (χ4n) is 2.11. The van der Waals surface area contributed by atoms with Crippen LogP contribution in [-0.2, 0) is 6.42 Å². The summed E-state index contributed by atoms with van der Waals surface area (Å²) >= 11 is 2.99. The number of benzene rings is 2. The molecule has 0 aliphatic carbocycles. The van der Waals surface area contributed by atoms with Gasteiger partial charge in [-0.05, 0) is 47.6 Å². The SMILES string of the molecule is CNC(Cc1c(F)ccc(Br)c1F)c1ccc(F)cc1F. The van der Waals surface area contributed by atoms with E-state index in [-0.39, 0.29) is 22.0 Å². The summed E-state index contributed by atoms with van der Waals surface area (Å²) in [6.45, 7) is 0. The quantitative estimate of drug-likeness (QED) is 0.624. The van der Waals surface area contributed by atoms with Crippen LogP contribution in [0.1, 0.15) is 17.2 Å². The van der Waals surface area contributed by atoms with Crippen molar-refractivity contribution >= 4 is 15.9 Å². The van der Waals surface area contributed by atoms with Crippen molar-refractivity contribution in [1.82, 2.24) is 5.32 Å². The number of hydrogen-bond donors (Lipinski definition) is 1. The fourth-order valence-corrected chi connectivity index (χ4v) is 2.48. The van der Waals surface area contributed by atoms with Crippen LogP contribution in [0.25, 0.3) is 0 Å². The minimum Gasteiger partial charge on any atom is -0.313 e. The third kappa shape index (κ3) is 3.44. The van der Waals surface area contributed by atoms with E-state index in [2.05, 4.69) is 21.2 Å². The van der Waals surface area contributed by atoms with Crippen molar-refractivity contribution < 1.29 is 17.6 Å². The van der Waals surface area contributed by atoms with Gasteiger partial charge >= 0.3 is 0 Å². The Balaban J connectivity index is 2.38. The summed E-state index contributed by atoms with van der Waals surface area (Å²) in [6.07, 6.45) is -0.101. The Labute approximate surface area is 128 Å². The second-order valence-electron chi connectivity index (χ2n) is 4.53. The van der Waals surface area contributed by atoms with Crippen LogP contribution < -0.4 is 5.32 Å². The van der Waals surface area contributed by atoms with Crippen molar-refractivity contribution in [2.24, 2.45) is 0 Å². The smallest absolute Gasteiger partial charge is 0.143 e. The fraction of sp³-hybridized carbons (Fsp3) is 0.200. The number of likely N-dealkylation sites (N-methyl/N-ethyl adjacent to an activating group) is 1. The number of rotatable bonds is 4. The first-order valence-electron chi connectivity index (χ1n) is 6.18. The summed E-state index contributed by atoms with van der Waals surface area (Å²) in [5.74, 6) is -2.90. The molecule has 1 N–H and O–H groups in total. The molecular weight excluding hydrogens is 350 g/mol. The lowest BCUT2D eigenvalue weighted by molar-refractivity contribution is 0.491. The number of halogens is 5. The molecule has 2 aromatic rings. The topological polar surface area (TPSA) is 12.0 Å². The second kappa shape index (κ2) is 6.58. The highest BCUT2D eigenvalue weighted by Crippen LogP contribution is 2.27. The van der Waals surface area contributed by atoms with Gasteiger partial charge in [0, 0.05) is 23.2 Å². The molecule has 6 heteroatoms.